The third-order valence-electron chi connectivity index (χ3n) is 2.20. The summed E-state index contributed by atoms with van der Waals surface area (Å²) in [5.41, 5.74) is 2.52. The Morgan fingerprint density at radius 2 is 2.50 bits per heavy atom. The molecule has 0 saturated heterocycles. The first kappa shape index (κ1) is 11.0. The topological polar surface area (TPSA) is 36.4 Å². The van der Waals surface area contributed by atoms with Gasteiger partial charge in [0.2, 0.25) is 0 Å². The molecule has 14 heavy (non-hydrogen) atoms. The number of nitrogens with zero attached hydrogens (tertiary/aromatic N) is 1. The van der Waals surface area contributed by atoms with Crippen LogP contribution in [0.3, 0.4) is 0 Å². The number of nitrogens with one attached hydrogen (secondary N) is 2. The van der Waals surface area contributed by atoms with Crippen LogP contribution in [0.25, 0.3) is 0 Å². The second kappa shape index (κ2) is 5.60. The summed E-state index contributed by atoms with van der Waals surface area (Å²) in [6.07, 6.45) is 6.09. The second-order valence-electron chi connectivity index (χ2n) is 3.46. The van der Waals surface area contributed by atoms with Crippen LogP contribution >= 0.6 is 0 Å². The van der Waals surface area contributed by atoms with Crippen molar-refractivity contribution in [3.63, 3.8) is 0 Å². The predicted octanol–water partition coefficient (Wildman–Crippen LogP) is 1.80. The molecule has 78 valence electrons. The maximum atomic E-state index is 4.41. The lowest BCUT2D eigenvalue weighted by molar-refractivity contribution is 0.841. The smallest absolute Gasteiger partial charge is 0.109 e. The van der Waals surface area contributed by atoms with Crippen LogP contribution in [0.2, 0.25) is 0 Å². The van der Waals surface area contributed by atoms with Crippen molar-refractivity contribution >= 4 is 5.84 Å². The number of aliphatic imine (C=N–C) groups is 1. The standard InChI is InChI=1S/C11H19N3/c1-4-10(7-12-3)8-13-11-6-5-9(2)14-11/h5,8,12H,4,6-7H2,1-3H3,(H,13,14)/b10-8+. The van der Waals surface area contributed by atoms with E-state index in [4.69, 9.17) is 0 Å². The molecule has 0 unspecified atom stereocenters. The number of likely N-dealkylation sites (N-methyl/N-ethyl adjacent to an activating group) is 1. The van der Waals surface area contributed by atoms with Crippen molar-refractivity contribution in [2.75, 3.05) is 13.6 Å². The Morgan fingerprint density at radius 1 is 1.71 bits per heavy atom. The summed E-state index contributed by atoms with van der Waals surface area (Å²) in [5.74, 6) is 1.05. The van der Waals surface area contributed by atoms with Crippen LogP contribution < -0.4 is 10.6 Å². The Hall–Kier alpha value is -1.09. The highest BCUT2D eigenvalue weighted by Crippen LogP contribution is 2.05. The van der Waals surface area contributed by atoms with E-state index in [1.165, 1.54) is 11.3 Å². The van der Waals surface area contributed by atoms with Crippen LogP contribution in [-0.4, -0.2) is 19.4 Å². The summed E-state index contributed by atoms with van der Waals surface area (Å²) in [6.45, 7) is 5.12. The number of amidine groups is 1. The van der Waals surface area contributed by atoms with Gasteiger partial charge in [0, 0.05) is 24.9 Å². The van der Waals surface area contributed by atoms with E-state index in [9.17, 15) is 0 Å². The molecule has 0 amide bonds. The monoisotopic (exact) mass is 193 g/mol. The Morgan fingerprint density at radius 3 is 3.00 bits per heavy atom. The van der Waals surface area contributed by atoms with Crippen molar-refractivity contribution in [1.29, 1.82) is 0 Å². The molecule has 0 bridgehead atoms. The summed E-state index contributed by atoms with van der Waals surface area (Å²) in [6, 6.07) is 0. The van der Waals surface area contributed by atoms with E-state index in [0.717, 1.165) is 25.2 Å². The molecule has 0 saturated carbocycles. The second-order valence-corrected chi connectivity index (χ2v) is 3.46. The van der Waals surface area contributed by atoms with Gasteiger partial charge < -0.3 is 10.6 Å². The molecule has 0 aromatic rings. The molecule has 1 aliphatic heterocycles. The molecule has 0 spiro atoms. The number of hydrogen-bond acceptors (Lipinski definition) is 2. The number of hydrogen-bond donors (Lipinski definition) is 2. The third-order valence-corrected chi connectivity index (χ3v) is 2.20. The quantitative estimate of drug-likeness (QED) is 0.714. The fourth-order valence-electron chi connectivity index (χ4n) is 1.32. The van der Waals surface area contributed by atoms with Crippen LogP contribution in [0, 0.1) is 0 Å². The molecule has 1 heterocycles. The van der Waals surface area contributed by atoms with Gasteiger partial charge in [0.1, 0.15) is 5.84 Å². The Bertz CT molecular complexity index is 268. The zero-order valence-electron chi connectivity index (χ0n) is 9.22. The molecule has 0 atom stereocenters. The molecule has 3 heteroatoms. The molecular weight excluding hydrogens is 174 g/mol. The fourth-order valence-corrected chi connectivity index (χ4v) is 1.32. The highest BCUT2D eigenvalue weighted by atomic mass is 15.0. The maximum Gasteiger partial charge on any atom is 0.109 e. The SMILES string of the molecule is CC/C(=C\N=C1/CC=C(C)N1)CNC. The van der Waals surface area contributed by atoms with Crippen molar-refractivity contribution in [3.8, 4) is 0 Å². The molecule has 1 aliphatic rings. The lowest BCUT2D eigenvalue weighted by Crippen LogP contribution is -2.14. The Labute approximate surface area is 86.0 Å². The molecular formula is C11H19N3. The van der Waals surface area contributed by atoms with E-state index < -0.39 is 0 Å². The van der Waals surface area contributed by atoms with Crippen LogP contribution in [-0.2, 0) is 0 Å². The number of allylic oxidation sites excluding steroid dienone is 1. The van der Waals surface area contributed by atoms with E-state index >= 15 is 0 Å². The van der Waals surface area contributed by atoms with Gasteiger partial charge in [-0.25, -0.2) is 4.99 Å². The lowest BCUT2D eigenvalue weighted by Gasteiger charge is -2.02. The Balaban J connectivity index is 2.51. The van der Waals surface area contributed by atoms with Crippen molar-refractivity contribution in [2.45, 2.75) is 26.7 Å². The number of rotatable bonds is 4. The van der Waals surface area contributed by atoms with E-state index in [1.807, 2.05) is 13.2 Å². The summed E-state index contributed by atoms with van der Waals surface area (Å²) >= 11 is 0. The average Bonchev–Trinajstić information content (AvgIpc) is 2.59. The van der Waals surface area contributed by atoms with Gasteiger partial charge in [-0.2, -0.15) is 0 Å². The van der Waals surface area contributed by atoms with Gasteiger partial charge in [0.05, 0.1) is 0 Å². The molecule has 0 aromatic heterocycles. The van der Waals surface area contributed by atoms with E-state index in [0.29, 0.717) is 0 Å². The maximum absolute atomic E-state index is 4.41. The van der Waals surface area contributed by atoms with Crippen molar-refractivity contribution in [1.82, 2.24) is 10.6 Å². The molecule has 0 fully saturated rings. The van der Waals surface area contributed by atoms with Crippen LogP contribution in [0.5, 0.6) is 0 Å². The molecule has 2 N–H and O–H groups in total. The summed E-state index contributed by atoms with van der Waals surface area (Å²) < 4.78 is 0. The van der Waals surface area contributed by atoms with Gasteiger partial charge in [-0.3, -0.25) is 0 Å². The van der Waals surface area contributed by atoms with Crippen molar-refractivity contribution in [2.24, 2.45) is 4.99 Å². The molecule has 0 aliphatic carbocycles. The van der Waals surface area contributed by atoms with Gasteiger partial charge in [-0.1, -0.05) is 13.0 Å². The largest absolute Gasteiger partial charge is 0.348 e. The van der Waals surface area contributed by atoms with Crippen molar-refractivity contribution < 1.29 is 0 Å². The van der Waals surface area contributed by atoms with E-state index in [1.54, 1.807) is 0 Å². The van der Waals surface area contributed by atoms with Crippen LogP contribution in [0.4, 0.5) is 0 Å². The normalized spacial score (nSPS) is 19.8. The average molecular weight is 193 g/mol. The summed E-state index contributed by atoms with van der Waals surface area (Å²) in [4.78, 5) is 4.41. The van der Waals surface area contributed by atoms with Crippen molar-refractivity contribution in [3.05, 3.63) is 23.5 Å². The molecule has 0 radical (unpaired) electrons. The molecule has 3 nitrogen and oxygen atoms in total. The van der Waals surface area contributed by atoms with E-state index in [2.05, 4.69) is 35.5 Å². The van der Waals surface area contributed by atoms with Gasteiger partial charge in [0.15, 0.2) is 0 Å². The first-order valence-electron chi connectivity index (χ1n) is 5.09. The van der Waals surface area contributed by atoms with Gasteiger partial charge in [0.25, 0.3) is 0 Å². The minimum atomic E-state index is 0.916. The summed E-state index contributed by atoms with van der Waals surface area (Å²) in [7, 11) is 1.95. The van der Waals surface area contributed by atoms with Gasteiger partial charge in [-0.05, 0) is 26.0 Å². The zero-order valence-corrected chi connectivity index (χ0v) is 9.22. The highest BCUT2D eigenvalue weighted by molar-refractivity contribution is 5.88. The predicted molar refractivity (Wildman–Crippen MR) is 61.2 cm³/mol. The molecule has 1 rings (SSSR count). The first-order chi connectivity index (χ1) is 6.76. The minimum absolute atomic E-state index is 0.916. The lowest BCUT2D eigenvalue weighted by atomic mass is 10.2. The minimum Gasteiger partial charge on any atom is -0.348 e. The van der Waals surface area contributed by atoms with Gasteiger partial charge >= 0.3 is 0 Å². The highest BCUT2D eigenvalue weighted by Gasteiger charge is 2.04. The third kappa shape index (κ3) is 3.34. The Kier molecular flexibility index (Phi) is 4.40. The first-order valence-corrected chi connectivity index (χ1v) is 5.09. The molecule has 0 aromatic carbocycles. The van der Waals surface area contributed by atoms with Crippen LogP contribution in [0.15, 0.2) is 28.5 Å². The fraction of sp³-hybridized carbons (Fsp3) is 0.545. The zero-order chi connectivity index (χ0) is 10.4. The van der Waals surface area contributed by atoms with Crippen LogP contribution in [0.1, 0.15) is 26.7 Å². The van der Waals surface area contributed by atoms with Gasteiger partial charge in [-0.15, -0.1) is 0 Å². The van der Waals surface area contributed by atoms with E-state index in [-0.39, 0.29) is 0 Å². The summed E-state index contributed by atoms with van der Waals surface area (Å²) in [5, 5.41) is 6.35.